The van der Waals surface area contributed by atoms with Gasteiger partial charge in [-0.3, -0.25) is 4.79 Å². The van der Waals surface area contributed by atoms with E-state index >= 15 is 0 Å². The van der Waals surface area contributed by atoms with Crippen LogP contribution in [0.2, 0.25) is 0 Å². The summed E-state index contributed by atoms with van der Waals surface area (Å²) in [7, 11) is 0. The zero-order valence-electron chi connectivity index (χ0n) is 8.32. The molecule has 0 saturated carbocycles. The highest BCUT2D eigenvalue weighted by atomic mass is 16.4. The van der Waals surface area contributed by atoms with E-state index in [1.165, 1.54) is 6.92 Å². The van der Waals surface area contributed by atoms with Crippen LogP contribution in [0.3, 0.4) is 0 Å². The summed E-state index contributed by atoms with van der Waals surface area (Å²) < 4.78 is 0. The van der Waals surface area contributed by atoms with Crippen molar-refractivity contribution in [2.75, 3.05) is 0 Å². The molecule has 0 saturated heterocycles. The van der Waals surface area contributed by atoms with Crippen LogP contribution in [-0.4, -0.2) is 29.9 Å². The van der Waals surface area contributed by atoms with Gasteiger partial charge in [-0.15, -0.1) is 0 Å². The van der Waals surface area contributed by atoms with Crippen LogP contribution in [0.1, 0.15) is 19.8 Å². The van der Waals surface area contributed by atoms with E-state index in [1.807, 2.05) is 0 Å². The number of rotatable bonds is 6. The number of amides is 1. The molecule has 0 rings (SSSR count). The molecule has 0 aromatic carbocycles. The SMILES string of the molecule is C[C@H](NC(=O)[C@@H]([NH3+])CCC(=O)[O-])C(=O)[O-]. The summed E-state index contributed by atoms with van der Waals surface area (Å²) in [6.07, 6.45) is -0.283. The van der Waals surface area contributed by atoms with Gasteiger partial charge in [-0.1, -0.05) is 0 Å². The Bertz CT molecular complexity index is 266. The van der Waals surface area contributed by atoms with Crippen LogP contribution >= 0.6 is 0 Å². The number of carboxylic acid groups (broad SMARTS) is 2. The van der Waals surface area contributed by atoms with Crippen LogP contribution in [0.25, 0.3) is 0 Å². The van der Waals surface area contributed by atoms with Gasteiger partial charge >= 0.3 is 0 Å². The number of quaternary nitrogens is 1. The van der Waals surface area contributed by atoms with Gasteiger partial charge in [0.25, 0.3) is 5.91 Å². The molecule has 7 nitrogen and oxygen atoms in total. The van der Waals surface area contributed by atoms with Gasteiger partial charge in [0, 0.05) is 12.4 Å². The zero-order chi connectivity index (χ0) is 12.0. The molecule has 0 aliphatic heterocycles. The first kappa shape index (κ1) is 13.4. The van der Waals surface area contributed by atoms with E-state index in [0.717, 1.165) is 0 Å². The van der Waals surface area contributed by atoms with Crippen LogP contribution in [0.15, 0.2) is 0 Å². The summed E-state index contributed by atoms with van der Waals surface area (Å²) in [5.41, 5.74) is 3.41. The number of carbonyl (C=O) groups is 3. The van der Waals surface area contributed by atoms with Gasteiger partial charge in [0.2, 0.25) is 0 Å². The molecule has 0 aliphatic rings. The fourth-order valence-corrected chi connectivity index (χ4v) is 0.813. The molecular formula is C8H13N2O5-. The van der Waals surface area contributed by atoms with Crippen molar-refractivity contribution in [2.24, 2.45) is 0 Å². The third-order valence-corrected chi connectivity index (χ3v) is 1.78. The maximum atomic E-state index is 11.2. The molecule has 86 valence electrons. The van der Waals surface area contributed by atoms with Gasteiger partial charge in [-0.25, -0.2) is 0 Å². The number of carbonyl (C=O) groups excluding carboxylic acids is 3. The first-order valence-corrected chi connectivity index (χ1v) is 4.38. The van der Waals surface area contributed by atoms with Crippen molar-refractivity contribution in [1.29, 1.82) is 0 Å². The van der Waals surface area contributed by atoms with Crippen LogP contribution in [0.4, 0.5) is 0 Å². The van der Waals surface area contributed by atoms with Crippen molar-refractivity contribution in [3.63, 3.8) is 0 Å². The van der Waals surface area contributed by atoms with E-state index in [2.05, 4.69) is 11.1 Å². The molecule has 0 aromatic heterocycles. The van der Waals surface area contributed by atoms with Crippen molar-refractivity contribution in [3.05, 3.63) is 0 Å². The van der Waals surface area contributed by atoms with Crippen molar-refractivity contribution in [2.45, 2.75) is 31.8 Å². The lowest BCUT2D eigenvalue weighted by molar-refractivity contribution is -0.406. The molecule has 15 heavy (non-hydrogen) atoms. The van der Waals surface area contributed by atoms with Gasteiger partial charge in [-0.2, -0.15) is 0 Å². The summed E-state index contributed by atoms with van der Waals surface area (Å²) in [4.78, 5) is 31.5. The van der Waals surface area contributed by atoms with Gasteiger partial charge in [0.05, 0.1) is 12.0 Å². The Balaban J connectivity index is 3.99. The van der Waals surface area contributed by atoms with Crippen LogP contribution in [0.5, 0.6) is 0 Å². The molecule has 2 atom stereocenters. The maximum absolute atomic E-state index is 11.2. The minimum atomic E-state index is -1.41. The lowest BCUT2D eigenvalue weighted by Gasteiger charge is -2.16. The average molecular weight is 217 g/mol. The second-order valence-electron chi connectivity index (χ2n) is 3.16. The number of nitrogens with one attached hydrogen (secondary N) is 1. The Morgan fingerprint density at radius 3 is 2.27 bits per heavy atom. The number of aliphatic carboxylic acids is 2. The molecule has 0 heterocycles. The first-order valence-electron chi connectivity index (χ1n) is 4.38. The second-order valence-corrected chi connectivity index (χ2v) is 3.16. The van der Waals surface area contributed by atoms with Crippen molar-refractivity contribution >= 4 is 17.8 Å². The van der Waals surface area contributed by atoms with Gasteiger partial charge in [0.15, 0.2) is 6.04 Å². The fraction of sp³-hybridized carbons (Fsp3) is 0.625. The predicted molar refractivity (Wildman–Crippen MR) is 43.5 cm³/mol. The molecule has 0 bridgehead atoms. The number of hydrogen-bond acceptors (Lipinski definition) is 5. The Morgan fingerprint density at radius 2 is 1.87 bits per heavy atom. The first-order chi connectivity index (χ1) is 6.84. The quantitative estimate of drug-likeness (QED) is 0.461. The Morgan fingerprint density at radius 1 is 1.33 bits per heavy atom. The molecule has 7 heteroatoms. The van der Waals surface area contributed by atoms with E-state index in [4.69, 9.17) is 0 Å². The molecule has 4 N–H and O–H groups in total. The molecule has 0 fully saturated rings. The molecule has 1 amide bonds. The van der Waals surface area contributed by atoms with E-state index in [0.29, 0.717) is 0 Å². The summed E-state index contributed by atoms with van der Waals surface area (Å²) in [5.74, 6) is -3.30. The standard InChI is InChI=1S/C8H14N2O5/c1-4(8(14)15)10-7(13)5(9)2-3-6(11)12/h4-5H,2-3,9H2,1H3,(H,10,13)(H,11,12)(H,14,15)/p-1/t4-,5-/m0/s1. The summed E-state index contributed by atoms with van der Waals surface area (Å²) in [6.45, 7) is 1.25. The lowest BCUT2D eigenvalue weighted by atomic mass is 10.1. The van der Waals surface area contributed by atoms with Gasteiger partial charge in [-0.05, 0) is 13.3 Å². The van der Waals surface area contributed by atoms with E-state index in [-0.39, 0.29) is 12.8 Å². The van der Waals surface area contributed by atoms with E-state index < -0.39 is 29.9 Å². The summed E-state index contributed by atoms with van der Waals surface area (Å²) in [5, 5.41) is 22.5. The number of hydrogen-bond donors (Lipinski definition) is 2. The third kappa shape index (κ3) is 5.63. The fourth-order valence-electron chi connectivity index (χ4n) is 0.813. The van der Waals surface area contributed by atoms with Crippen molar-refractivity contribution < 1.29 is 30.3 Å². The average Bonchev–Trinajstić information content (AvgIpc) is 2.13. The van der Waals surface area contributed by atoms with Crippen molar-refractivity contribution in [1.82, 2.24) is 5.32 Å². The van der Waals surface area contributed by atoms with Crippen LogP contribution < -0.4 is 21.3 Å². The van der Waals surface area contributed by atoms with Crippen molar-refractivity contribution in [3.8, 4) is 0 Å². The predicted octanol–water partition coefficient (Wildman–Crippen LogP) is -4.62. The number of carboxylic acids is 2. The minimum absolute atomic E-state index is 0.00787. The molecule has 0 spiro atoms. The maximum Gasteiger partial charge on any atom is 0.278 e. The smallest absolute Gasteiger partial charge is 0.278 e. The summed E-state index contributed by atoms with van der Waals surface area (Å²) >= 11 is 0. The minimum Gasteiger partial charge on any atom is -0.550 e. The van der Waals surface area contributed by atoms with Crippen LogP contribution in [0, 0.1) is 0 Å². The molecule has 0 radical (unpaired) electrons. The van der Waals surface area contributed by atoms with Gasteiger partial charge < -0.3 is 30.9 Å². The Hall–Kier alpha value is -1.63. The Labute approximate surface area is 86.3 Å². The molecule has 0 aliphatic carbocycles. The van der Waals surface area contributed by atoms with Gasteiger partial charge in [0.1, 0.15) is 0 Å². The van der Waals surface area contributed by atoms with Crippen LogP contribution in [-0.2, 0) is 14.4 Å². The Kier molecular flexibility index (Phi) is 5.32. The largest absolute Gasteiger partial charge is 0.550 e. The molecular weight excluding hydrogens is 204 g/mol. The van der Waals surface area contributed by atoms with E-state index in [9.17, 15) is 24.6 Å². The topological polar surface area (TPSA) is 137 Å². The monoisotopic (exact) mass is 217 g/mol. The lowest BCUT2D eigenvalue weighted by Crippen LogP contribution is -2.68. The molecule has 0 unspecified atom stereocenters. The highest BCUT2D eigenvalue weighted by Gasteiger charge is 2.18. The summed E-state index contributed by atoms with van der Waals surface area (Å²) in [6, 6.07) is -1.94. The second kappa shape index (κ2) is 5.97. The highest BCUT2D eigenvalue weighted by molar-refractivity contribution is 5.85. The third-order valence-electron chi connectivity index (χ3n) is 1.78. The highest BCUT2D eigenvalue weighted by Crippen LogP contribution is 1.92. The van der Waals surface area contributed by atoms with E-state index in [1.54, 1.807) is 0 Å². The zero-order valence-corrected chi connectivity index (χ0v) is 8.32. The normalized spacial score (nSPS) is 14.0. The molecule has 0 aromatic rings.